The molecule has 1 aliphatic heterocycles. The molecule has 0 spiro atoms. The van der Waals surface area contributed by atoms with Crippen molar-refractivity contribution in [1.82, 2.24) is 14.9 Å². The van der Waals surface area contributed by atoms with Crippen molar-refractivity contribution < 1.29 is 13.2 Å². The molecule has 1 aromatic heterocycles. The van der Waals surface area contributed by atoms with Gasteiger partial charge in [0.2, 0.25) is 10.0 Å². The lowest BCUT2D eigenvalue weighted by molar-refractivity contribution is 0.191. The molecule has 0 aliphatic carbocycles. The second-order valence-corrected chi connectivity index (χ2v) is 9.01. The van der Waals surface area contributed by atoms with Crippen LogP contribution in [-0.4, -0.2) is 44.2 Å². The zero-order valence-corrected chi connectivity index (χ0v) is 14.8. The van der Waals surface area contributed by atoms with Gasteiger partial charge in [-0.25, -0.2) is 17.9 Å². The number of amides is 2. The van der Waals surface area contributed by atoms with Crippen molar-refractivity contribution in [2.45, 2.75) is 38.3 Å². The van der Waals surface area contributed by atoms with Crippen LogP contribution in [0.1, 0.15) is 37.6 Å². The fraction of sp³-hybridized carbons (Fsp3) is 0.643. The summed E-state index contributed by atoms with van der Waals surface area (Å²) in [7, 11) is -3.31. The van der Waals surface area contributed by atoms with Gasteiger partial charge in [-0.2, -0.15) is 0 Å². The number of thiophene rings is 1. The Morgan fingerprint density at radius 1 is 1.50 bits per heavy atom. The highest BCUT2D eigenvalue weighted by Gasteiger charge is 2.31. The summed E-state index contributed by atoms with van der Waals surface area (Å²) < 4.78 is 25.2. The van der Waals surface area contributed by atoms with Gasteiger partial charge in [-0.05, 0) is 38.1 Å². The Bertz CT molecular complexity index is 611. The maximum atomic E-state index is 12.4. The Morgan fingerprint density at radius 3 is 2.82 bits per heavy atom. The highest BCUT2D eigenvalue weighted by Crippen LogP contribution is 2.34. The molecule has 2 N–H and O–H groups in total. The van der Waals surface area contributed by atoms with Crippen LogP contribution in [0.25, 0.3) is 0 Å². The average Bonchev–Trinajstić information content (AvgIpc) is 3.02. The monoisotopic (exact) mass is 345 g/mol. The van der Waals surface area contributed by atoms with Gasteiger partial charge in [0.1, 0.15) is 0 Å². The van der Waals surface area contributed by atoms with E-state index in [1.54, 1.807) is 25.2 Å². The van der Waals surface area contributed by atoms with E-state index in [1.807, 2.05) is 16.3 Å². The molecule has 1 fully saturated rings. The van der Waals surface area contributed by atoms with Gasteiger partial charge in [0.05, 0.1) is 12.3 Å². The molecule has 2 amide bonds. The molecule has 0 aromatic carbocycles. The van der Waals surface area contributed by atoms with Gasteiger partial charge in [0.15, 0.2) is 0 Å². The smallest absolute Gasteiger partial charge is 0.318 e. The molecule has 1 aromatic rings. The van der Waals surface area contributed by atoms with Crippen LogP contribution in [0.3, 0.4) is 0 Å². The highest BCUT2D eigenvalue weighted by molar-refractivity contribution is 7.88. The lowest BCUT2D eigenvalue weighted by Crippen LogP contribution is -2.53. The molecule has 22 heavy (non-hydrogen) atoms. The number of nitrogens with zero attached hydrogens (tertiary/aromatic N) is 1. The van der Waals surface area contributed by atoms with E-state index >= 15 is 0 Å². The van der Waals surface area contributed by atoms with Gasteiger partial charge >= 0.3 is 6.03 Å². The number of urea groups is 1. The predicted molar refractivity (Wildman–Crippen MR) is 88.5 cm³/mol. The molecule has 1 aliphatic rings. The van der Waals surface area contributed by atoms with Gasteiger partial charge in [-0.3, -0.25) is 0 Å². The molecule has 2 heterocycles. The number of carbonyl (C=O) groups is 1. The molecule has 0 bridgehead atoms. The van der Waals surface area contributed by atoms with Gasteiger partial charge < -0.3 is 10.2 Å². The Labute approximate surface area is 135 Å². The van der Waals surface area contributed by atoms with Crippen molar-refractivity contribution in [2.75, 3.05) is 19.3 Å². The fourth-order valence-electron chi connectivity index (χ4n) is 2.72. The summed E-state index contributed by atoms with van der Waals surface area (Å²) in [6, 6.07) is 4.04. The maximum Gasteiger partial charge on any atom is 0.318 e. The second kappa shape index (κ2) is 6.55. The number of hydrogen-bond donors (Lipinski definition) is 2. The Kier molecular flexibility index (Phi) is 5.14. The van der Waals surface area contributed by atoms with Gasteiger partial charge in [-0.15, -0.1) is 11.3 Å². The molecule has 2 rings (SSSR count). The summed E-state index contributed by atoms with van der Waals surface area (Å²) in [5.74, 6) is 0. The van der Waals surface area contributed by atoms with Crippen molar-refractivity contribution >= 4 is 27.4 Å². The first-order valence-electron chi connectivity index (χ1n) is 7.25. The number of carbonyl (C=O) groups excluding carboxylic acids is 1. The standard InChI is InChI=1S/C14H23N3O3S2/c1-14(2,16-22(3,19)20)10-15-13(18)17-8-4-6-11(17)12-7-5-9-21-12/h5,7,9,11,16H,4,6,8,10H2,1-3H3,(H,15,18)/t11-/m1/s1. The Morgan fingerprint density at radius 2 is 2.23 bits per heavy atom. The number of hydrogen-bond acceptors (Lipinski definition) is 4. The van der Waals surface area contributed by atoms with Crippen LogP contribution in [0.5, 0.6) is 0 Å². The van der Waals surface area contributed by atoms with E-state index in [2.05, 4.69) is 16.1 Å². The van der Waals surface area contributed by atoms with E-state index < -0.39 is 15.6 Å². The molecule has 6 nitrogen and oxygen atoms in total. The van der Waals surface area contributed by atoms with Crippen molar-refractivity contribution in [3.63, 3.8) is 0 Å². The van der Waals surface area contributed by atoms with Crippen LogP contribution in [0.15, 0.2) is 17.5 Å². The van der Waals surface area contributed by atoms with Crippen molar-refractivity contribution in [3.8, 4) is 0 Å². The van der Waals surface area contributed by atoms with Crippen LogP contribution >= 0.6 is 11.3 Å². The topological polar surface area (TPSA) is 78.5 Å². The third kappa shape index (κ3) is 4.69. The minimum Gasteiger partial charge on any atom is -0.336 e. The molecule has 0 unspecified atom stereocenters. The first kappa shape index (κ1) is 17.2. The fourth-order valence-corrected chi connectivity index (χ4v) is 4.67. The van der Waals surface area contributed by atoms with Gasteiger partial charge in [0, 0.05) is 23.5 Å². The minimum atomic E-state index is -3.31. The third-order valence-corrected chi connectivity index (χ3v) is 5.43. The van der Waals surface area contributed by atoms with Crippen LogP contribution in [0.4, 0.5) is 4.79 Å². The zero-order valence-electron chi connectivity index (χ0n) is 13.1. The summed E-state index contributed by atoms with van der Waals surface area (Å²) >= 11 is 1.66. The normalized spacial score (nSPS) is 19.4. The first-order chi connectivity index (χ1) is 10.2. The summed E-state index contributed by atoms with van der Waals surface area (Å²) in [4.78, 5) is 15.4. The Balaban J connectivity index is 1.94. The van der Waals surface area contributed by atoms with Crippen LogP contribution in [0.2, 0.25) is 0 Å². The Hall–Kier alpha value is -1.12. The van der Waals surface area contributed by atoms with E-state index in [9.17, 15) is 13.2 Å². The van der Waals surface area contributed by atoms with E-state index in [-0.39, 0.29) is 18.6 Å². The molecule has 0 radical (unpaired) electrons. The summed E-state index contributed by atoms with van der Waals surface area (Å²) in [5.41, 5.74) is -0.721. The number of rotatable bonds is 5. The number of likely N-dealkylation sites (tertiary alicyclic amines) is 1. The lowest BCUT2D eigenvalue weighted by atomic mass is 10.1. The second-order valence-electron chi connectivity index (χ2n) is 6.28. The lowest BCUT2D eigenvalue weighted by Gasteiger charge is -2.29. The molecule has 1 saturated heterocycles. The van der Waals surface area contributed by atoms with Crippen molar-refractivity contribution in [1.29, 1.82) is 0 Å². The van der Waals surface area contributed by atoms with E-state index in [0.717, 1.165) is 25.6 Å². The van der Waals surface area contributed by atoms with Crippen LogP contribution < -0.4 is 10.0 Å². The van der Waals surface area contributed by atoms with E-state index in [1.165, 1.54) is 4.88 Å². The number of sulfonamides is 1. The highest BCUT2D eigenvalue weighted by atomic mass is 32.2. The van der Waals surface area contributed by atoms with Gasteiger partial charge in [-0.1, -0.05) is 6.07 Å². The van der Waals surface area contributed by atoms with Gasteiger partial charge in [0.25, 0.3) is 0 Å². The quantitative estimate of drug-likeness (QED) is 0.856. The zero-order chi connectivity index (χ0) is 16.4. The SMILES string of the molecule is CC(C)(CNC(=O)N1CCC[C@@H]1c1cccs1)NS(C)(=O)=O. The molecular weight excluding hydrogens is 322 g/mol. The van der Waals surface area contributed by atoms with E-state index in [0.29, 0.717) is 0 Å². The first-order valence-corrected chi connectivity index (χ1v) is 10.0. The summed E-state index contributed by atoms with van der Waals surface area (Å²) in [6.07, 6.45) is 3.07. The van der Waals surface area contributed by atoms with E-state index in [4.69, 9.17) is 0 Å². The largest absolute Gasteiger partial charge is 0.336 e. The summed E-state index contributed by atoms with van der Waals surface area (Å²) in [6.45, 7) is 4.46. The minimum absolute atomic E-state index is 0.131. The van der Waals surface area contributed by atoms with Crippen molar-refractivity contribution in [2.24, 2.45) is 0 Å². The average molecular weight is 345 g/mol. The number of nitrogens with one attached hydrogen (secondary N) is 2. The molecular formula is C14H23N3O3S2. The predicted octanol–water partition coefficient (Wildman–Crippen LogP) is 1.92. The summed E-state index contributed by atoms with van der Waals surface area (Å²) in [5, 5.41) is 4.86. The molecule has 8 heteroatoms. The molecule has 0 saturated carbocycles. The molecule has 1 atom stereocenters. The third-order valence-electron chi connectivity index (χ3n) is 3.53. The van der Waals surface area contributed by atoms with Crippen LogP contribution in [0, 0.1) is 0 Å². The maximum absolute atomic E-state index is 12.4. The van der Waals surface area contributed by atoms with Crippen LogP contribution in [-0.2, 0) is 10.0 Å². The van der Waals surface area contributed by atoms with Crippen molar-refractivity contribution in [3.05, 3.63) is 22.4 Å². The molecule has 124 valence electrons.